The smallest absolute Gasteiger partial charge is 0.222 e. The number of thiophene rings is 1. The van der Waals surface area contributed by atoms with Crippen molar-refractivity contribution in [2.75, 3.05) is 6.54 Å². The Balaban J connectivity index is 1.56. The third kappa shape index (κ3) is 4.33. The van der Waals surface area contributed by atoms with Crippen LogP contribution in [0.4, 0.5) is 0 Å². The minimum absolute atomic E-state index is 0.0710. The third-order valence-corrected chi connectivity index (χ3v) is 4.79. The van der Waals surface area contributed by atoms with E-state index in [0.717, 1.165) is 6.42 Å². The fourth-order valence-electron chi connectivity index (χ4n) is 2.63. The van der Waals surface area contributed by atoms with E-state index in [-0.39, 0.29) is 11.9 Å². The maximum Gasteiger partial charge on any atom is 0.222 e. The predicted octanol–water partition coefficient (Wildman–Crippen LogP) is 3.89. The summed E-state index contributed by atoms with van der Waals surface area (Å²) in [7, 11) is 0. The molecule has 3 rings (SSSR count). The molecule has 0 aliphatic carbocycles. The number of nitrogens with one attached hydrogen (secondary N) is 1. The predicted molar refractivity (Wildman–Crippen MR) is 94.7 cm³/mol. The first kappa shape index (κ1) is 15.6. The molecule has 4 heteroatoms. The van der Waals surface area contributed by atoms with E-state index in [1.54, 1.807) is 11.3 Å². The molecule has 0 spiro atoms. The molecule has 118 valence electrons. The van der Waals surface area contributed by atoms with Crippen LogP contribution < -0.4 is 5.32 Å². The van der Waals surface area contributed by atoms with Gasteiger partial charge in [-0.3, -0.25) is 4.79 Å². The van der Waals surface area contributed by atoms with E-state index in [1.807, 2.05) is 48.8 Å². The lowest BCUT2D eigenvalue weighted by molar-refractivity contribution is -0.121. The van der Waals surface area contributed by atoms with Crippen molar-refractivity contribution in [2.24, 2.45) is 0 Å². The van der Waals surface area contributed by atoms with Gasteiger partial charge in [0.2, 0.25) is 5.91 Å². The van der Waals surface area contributed by atoms with E-state index in [1.165, 1.54) is 10.4 Å². The Morgan fingerprint density at radius 2 is 1.83 bits per heavy atom. The molecule has 1 N–H and O–H groups in total. The van der Waals surface area contributed by atoms with Gasteiger partial charge in [0.25, 0.3) is 0 Å². The Morgan fingerprint density at radius 1 is 1.04 bits per heavy atom. The second-order valence-corrected chi connectivity index (χ2v) is 6.43. The topological polar surface area (TPSA) is 34.0 Å². The molecule has 0 radical (unpaired) electrons. The van der Waals surface area contributed by atoms with Gasteiger partial charge in [0, 0.05) is 23.8 Å². The Morgan fingerprint density at radius 3 is 2.52 bits per heavy atom. The fraction of sp³-hybridized carbons (Fsp3) is 0.211. The SMILES string of the molecule is O=C(C[C@@H](c1cccs1)n1cccc1)NCCc1ccccc1. The molecule has 0 aliphatic rings. The summed E-state index contributed by atoms with van der Waals surface area (Å²) < 4.78 is 2.10. The Kier molecular flexibility index (Phi) is 5.27. The van der Waals surface area contributed by atoms with Crippen LogP contribution in [0.3, 0.4) is 0 Å². The number of aromatic nitrogens is 1. The molecule has 2 heterocycles. The summed E-state index contributed by atoms with van der Waals surface area (Å²) in [6.45, 7) is 0.672. The van der Waals surface area contributed by atoms with Gasteiger partial charge in [0.1, 0.15) is 0 Å². The van der Waals surface area contributed by atoms with Crippen molar-refractivity contribution < 1.29 is 4.79 Å². The van der Waals surface area contributed by atoms with E-state index >= 15 is 0 Å². The summed E-state index contributed by atoms with van der Waals surface area (Å²) in [6.07, 6.45) is 5.35. The number of benzene rings is 1. The standard InChI is InChI=1S/C19H20N2OS/c22-19(20-11-10-16-7-2-1-3-8-16)15-17(18-9-6-14-23-18)21-12-4-5-13-21/h1-9,12-14,17H,10-11,15H2,(H,20,22)/t17-/m0/s1. The van der Waals surface area contributed by atoms with Crippen molar-refractivity contribution in [1.82, 2.24) is 9.88 Å². The zero-order valence-corrected chi connectivity index (χ0v) is 13.7. The monoisotopic (exact) mass is 324 g/mol. The Hall–Kier alpha value is -2.33. The molecule has 1 amide bonds. The lowest BCUT2D eigenvalue weighted by atomic mass is 10.1. The first-order valence-electron chi connectivity index (χ1n) is 7.79. The molecule has 2 aromatic heterocycles. The van der Waals surface area contributed by atoms with Gasteiger partial charge in [-0.05, 0) is 35.6 Å². The molecular weight excluding hydrogens is 304 g/mol. The van der Waals surface area contributed by atoms with Crippen LogP contribution in [-0.2, 0) is 11.2 Å². The minimum atomic E-state index is 0.0710. The number of nitrogens with zero attached hydrogens (tertiary/aromatic N) is 1. The van der Waals surface area contributed by atoms with Crippen LogP contribution in [0.25, 0.3) is 0 Å². The van der Waals surface area contributed by atoms with Crippen LogP contribution in [0.1, 0.15) is 22.9 Å². The highest BCUT2D eigenvalue weighted by atomic mass is 32.1. The van der Waals surface area contributed by atoms with Crippen molar-refractivity contribution in [3.05, 3.63) is 82.8 Å². The zero-order valence-electron chi connectivity index (χ0n) is 12.9. The molecular formula is C19H20N2OS. The van der Waals surface area contributed by atoms with Gasteiger partial charge in [-0.2, -0.15) is 0 Å². The molecule has 0 unspecified atom stereocenters. The van der Waals surface area contributed by atoms with Crippen LogP contribution in [-0.4, -0.2) is 17.0 Å². The first-order chi connectivity index (χ1) is 11.3. The molecule has 0 fully saturated rings. The average molecular weight is 324 g/mol. The van der Waals surface area contributed by atoms with Crippen LogP contribution >= 0.6 is 11.3 Å². The van der Waals surface area contributed by atoms with Gasteiger partial charge in [-0.25, -0.2) is 0 Å². The Labute approximate surface area is 140 Å². The molecule has 3 aromatic rings. The first-order valence-corrected chi connectivity index (χ1v) is 8.67. The molecule has 0 saturated carbocycles. The number of amides is 1. The molecule has 1 aromatic carbocycles. The summed E-state index contributed by atoms with van der Waals surface area (Å²) in [4.78, 5) is 13.5. The van der Waals surface area contributed by atoms with E-state index in [2.05, 4.69) is 33.5 Å². The molecule has 0 saturated heterocycles. The second-order valence-electron chi connectivity index (χ2n) is 5.45. The normalized spacial score (nSPS) is 12.0. The molecule has 0 aliphatic heterocycles. The van der Waals surface area contributed by atoms with Gasteiger partial charge in [0.15, 0.2) is 0 Å². The summed E-state index contributed by atoms with van der Waals surface area (Å²) >= 11 is 1.69. The third-order valence-electron chi connectivity index (χ3n) is 3.82. The Bertz CT molecular complexity index is 671. The number of hydrogen-bond acceptors (Lipinski definition) is 2. The highest BCUT2D eigenvalue weighted by molar-refractivity contribution is 7.10. The van der Waals surface area contributed by atoms with E-state index in [4.69, 9.17) is 0 Å². The van der Waals surface area contributed by atoms with Crippen LogP contribution in [0, 0.1) is 0 Å². The average Bonchev–Trinajstić information content (AvgIpc) is 3.27. The van der Waals surface area contributed by atoms with Crippen molar-refractivity contribution in [3.63, 3.8) is 0 Å². The molecule has 0 bridgehead atoms. The van der Waals surface area contributed by atoms with Crippen molar-refractivity contribution in [1.29, 1.82) is 0 Å². The van der Waals surface area contributed by atoms with Gasteiger partial charge in [0.05, 0.1) is 12.5 Å². The van der Waals surface area contributed by atoms with Crippen LogP contribution in [0.5, 0.6) is 0 Å². The van der Waals surface area contributed by atoms with E-state index in [0.29, 0.717) is 13.0 Å². The van der Waals surface area contributed by atoms with E-state index in [9.17, 15) is 4.79 Å². The second kappa shape index (κ2) is 7.79. The highest BCUT2D eigenvalue weighted by Crippen LogP contribution is 2.26. The van der Waals surface area contributed by atoms with Gasteiger partial charge in [-0.1, -0.05) is 36.4 Å². The molecule has 23 heavy (non-hydrogen) atoms. The minimum Gasteiger partial charge on any atom is -0.356 e. The lowest BCUT2D eigenvalue weighted by Gasteiger charge is -2.17. The maximum atomic E-state index is 12.3. The maximum absolute atomic E-state index is 12.3. The fourth-order valence-corrected chi connectivity index (χ4v) is 3.46. The van der Waals surface area contributed by atoms with E-state index < -0.39 is 0 Å². The number of rotatable bonds is 7. The quantitative estimate of drug-likeness (QED) is 0.703. The van der Waals surface area contributed by atoms with Gasteiger partial charge < -0.3 is 9.88 Å². The number of carbonyl (C=O) groups is 1. The summed E-state index contributed by atoms with van der Waals surface area (Å²) in [5, 5.41) is 5.09. The molecule has 3 nitrogen and oxygen atoms in total. The largest absolute Gasteiger partial charge is 0.356 e. The number of carbonyl (C=O) groups excluding carboxylic acids is 1. The van der Waals surface area contributed by atoms with Crippen molar-refractivity contribution in [2.45, 2.75) is 18.9 Å². The highest BCUT2D eigenvalue weighted by Gasteiger charge is 2.17. The summed E-state index contributed by atoms with van der Waals surface area (Å²) in [6, 6.07) is 18.4. The van der Waals surface area contributed by atoms with Crippen molar-refractivity contribution in [3.8, 4) is 0 Å². The van der Waals surface area contributed by atoms with Gasteiger partial charge >= 0.3 is 0 Å². The zero-order chi connectivity index (χ0) is 15.9. The summed E-state index contributed by atoms with van der Waals surface area (Å²) in [5.74, 6) is 0.0908. The summed E-state index contributed by atoms with van der Waals surface area (Å²) in [5.41, 5.74) is 1.24. The van der Waals surface area contributed by atoms with Crippen LogP contribution in [0.15, 0.2) is 72.4 Å². The van der Waals surface area contributed by atoms with Crippen molar-refractivity contribution >= 4 is 17.2 Å². The number of hydrogen-bond donors (Lipinski definition) is 1. The molecule has 1 atom stereocenters. The lowest BCUT2D eigenvalue weighted by Crippen LogP contribution is -2.28. The van der Waals surface area contributed by atoms with Gasteiger partial charge in [-0.15, -0.1) is 11.3 Å². The van der Waals surface area contributed by atoms with Crippen LogP contribution in [0.2, 0.25) is 0 Å².